The standard InChI is InChI=1S/C12H17N5O/c13-11(16-18)10-4-5-14-15-12(10)17-6-8-2-1-3-9(8)7-17/h4-5,8-9,18H,1-3,6-7H2,(H2,13,16). The van der Waals surface area contributed by atoms with Gasteiger partial charge in [0, 0.05) is 13.1 Å². The monoisotopic (exact) mass is 247 g/mol. The lowest BCUT2D eigenvalue weighted by molar-refractivity contribution is 0.318. The Bertz CT molecular complexity index is 463. The molecule has 1 aliphatic heterocycles. The SMILES string of the molecule is N/C(=N/O)c1ccnnc1N1CC2CCCC2C1. The predicted molar refractivity (Wildman–Crippen MR) is 67.6 cm³/mol. The zero-order chi connectivity index (χ0) is 12.5. The highest BCUT2D eigenvalue weighted by molar-refractivity contribution is 6.01. The van der Waals surface area contributed by atoms with Crippen LogP contribution in [-0.2, 0) is 0 Å². The Balaban J connectivity index is 1.89. The minimum atomic E-state index is 0.0944. The fourth-order valence-electron chi connectivity index (χ4n) is 3.22. The fourth-order valence-corrected chi connectivity index (χ4v) is 3.22. The van der Waals surface area contributed by atoms with Crippen molar-refractivity contribution in [3.05, 3.63) is 17.8 Å². The Morgan fingerprint density at radius 3 is 2.78 bits per heavy atom. The van der Waals surface area contributed by atoms with Gasteiger partial charge in [0.2, 0.25) is 0 Å². The third kappa shape index (κ3) is 1.77. The summed E-state index contributed by atoms with van der Waals surface area (Å²) in [5, 5.41) is 20.0. The number of nitrogens with two attached hydrogens (primary N) is 1. The first-order valence-corrected chi connectivity index (χ1v) is 6.34. The van der Waals surface area contributed by atoms with Crippen molar-refractivity contribution in [3.63, 3.8) is 0 Å². The van der Waals surface area contributed by atoms with E-state index in [1.54, 1.807) is 12.3 Å². The Morgan fingerprint density at radius 2 is 2.11 bits per heavy atom. The maximum atomic E-state index is 8.81. The summed E-state index contributed by atoms with van der Waals surface area (Å²) < 4.78 is 0. The average molecular weight is 247 g/mol. The molecule has 2 aliphatic rings. The molecule has 2 unspecified atom stereocenters. The number of amidine groups is 1. The molecule has 96 valence electrons. The molecule has 3 rings (SSSR count). The van der Waals surface area contributed by atoms with Crippen LogP contribution in [0.3, 0.4) is 0 Å². The number of rotatable bonds is 2. The normalized spacial score (nSPS) is 27.6. The van der Waals surface area contributed by atoms with Crippen LogP contribution in [0.1, 0.15) is 24.8 Å². The van der Waals surface area contributed by atoms with Gasteiger partial charge in [0.05, 0.1) is 11.8 Å². The Hall–Kier alpha value is -1.85. The molecular formula is C12H17N5O. The van der Waals surface area contributed by atoms with Gasteiger partial charge in [-0.3, -0.25) is 0 Å². The second kappa shape index (κ2) is 4.44. The second-order valence-electron chi connectivity index (χ2n) is 5.11. The van der Waals surface area contributed by atoms with Gasteiger partial charge in [0.15, 0.2) is 11.7 Å². The van der Waals surface area contributed by atoms with Gasteiger partial charge < -0.3 is 15.8 Å². The molecule has 3 N–H and O–H groups in total. The number of hydrogen-bond acceptors (Lipinski definition) is 5. The van der Waals surface area contributed by atoms with Gasteiger partial charge in [0.25, 0.3) is 0 Å². The first-order chi connectivity index (χ1) is 8.79. The number of hydrogen-bond donors (Lipinski definition) is 2. The highest BCUT2D eigenvalue weighted by Gasteiger charge is 2.37. The van der Waals surface area contributed by atoms with Crippen LogP contribution >= 0.6 is 0 Å². The first-order valence-electron chi connectivity index (χ1n) is 6.34. The van der Waals surface area contributed by atoms with Crippen molar-refractivity contribution < 1.29 is 5.21 Å². The van der Waals surface area contributed by atoms with E-state index in [-0.39, 0.29) is 5.84 Å². The lowest BCUT2D eigenvalue weighted by atomic mass is 10.0. The maximum absolute atomic E-state index is 8.81. The molecule has 0 spiro atoms. The number of anilines is 1. The first kappa shape index (κ1) is 11.3. The lowest BCUT2D eigenvalue weighted by Gasteiger charge is -2.20. The highest BCUT2D eigenvalue weighted by atomic mass is 16.4. The van der Waals surface area contributed by atoms with Gasteiger partial charge in [-0.15, -0.1) is 5.10 Å². The quantitative estimate of drug-likeness (QED) is 0.349. The largest absolute Gasteiger partial charge is 0.409 e. The number of fused-ring (bicyclic) bond motifs is 1. The molecule has 2 heterocycles. The Morgan fingerprint density at radius 1 is 1.39 bits per heavy atom. The molecule has 1 aliphatic carbocycles. The van der Waals surface area contributed by atoms with Crippen LogP contribution in [0.25, 0.3) is 0 Å². The van der Waals surface area contributed by atoms with Crippen molar-refractivity contribution in [3.8, 4) is 0 Å². The van der Waals surface area contributed by atoms with Crippen molar-refractivity contribution in [1.29, 1.82) is 0 Å². The molecule has 0 aromatic carbocycles. The summed E-state index contributed by atoms with van der Waals surface area (Å²) in [6.07, 6.45) is 5.52. The van der Waals surface area contributed by atoms with Crippen LogP contribution in [-0.4, -0.2) is 34.3 Å². The molecule has 2 fully saturated rings. The predicted octanol–water partition coefficient (Wildman–Crippen LogP) is 0.807. The van der Waals surface area contributed by atoms with E-state index in [9.17, 15) is 0 Å². The smallest absolute Gasteiger partial charge is 0.173 e. The summed E-state index contributed by atoms with van der Waals surface area (Å²) in [7, 11) is 0. The molecule has 0 bridgehead atoms. The molecule has 2 atom stereocenters. The molecule has 18 heavy (non-hydrogen) atoms. The van der Waals surface area contributed by atoms with E-state index < -0.39 is 0 Å². The van der Waals surface area contributed by atoms with Gasteiger partial charge in [-0.25, -0.2) is 0 Å². The molecule has 6 nitrogen and oxygen atoms in total. The number of oxime groups is 1. The molecule has 1 saturated heterocycles. The van der Waals surface area contributed by atoms with Gasteiger partial charge >= 0.3 is 0 Å². The second-order valence-corrected chi connectivity index (χ2v) is 5.11. The summed E-state index contributed by atoms with van der Waals surface area (Å²) in [6, 6.07) is 1.74. The van der Waals surface area contributed by atoms with Crippen LogP contribution in [0.2, 0.25) is 0 Å². The van der Waals surface area contributed by atoms with E-state index in [4.69, 9.17) is 10.9 Å². The van der Waals surface area contributed by atoms with E-state index in [1.165, 1.54) is 19.3 Å². The van der Waals surface area contributed by atoms with Crippen molar-refractivity contribution >= 4 is 11.7 Å². The van der Waals surface area contributed by atoms with Crippen LogP contribution < -0.4 is 10.6 Å². The molecule has 1 aromatic rings. The summed E-state index contributed by atoms with van der Waals surface area (Å²) in [6.45, 7) is 2.02. The van der Waals surface area contributed by atoms with Crippen LogP contribution in [0.5, 0.6) is 0 Å². The topological polar surface area (TPSA) is 87.6 Å². The van der Waals surface area contributed by atoms with Crippen molar-refractivity contribution in [1.82, 2.24) is 10.2 Å². The molecule has 6 heteroatoms. The van der Waals surface area contributed by atoms with Gasteiger partial charge in [0.1, 0.15) is 0 Å². The minimum absolute atomic E-state index is 0.0944. The molecular weight excluding hydrogens is 230 g/mol. The van der Waals surface area contributed by atoms with Crippen LogP contribution in [0.4, 0.5) is 5.82 Å². The maximum Gasteiger partial charge on any atom is 0.173 e. The molecule has 0 radical (unpaired) electrons. The fraction of sp³-hybridized carbons (Fsp3) is 0.583. The van der Waals surface area contributed by atoms with Gasteiger partial charge in [-0.1, -0.05) is 11.6 Å². The summed E-state index contributed by atoms with van der Waals surface area (Å²) >= 11 is 0. The Kier molecular flexibility index (Phi) is 2.77. The van der Waals surface area contributed by atoms with E-state index in [0.29, 0.717) is 5.56 Å². The number of aromatic nitrogens is 2. The van der Waals surface area contributed by atoms with Crippen LogP contribution in [0.15, 0.2) is 17.4 Å². The third-order valence-electron chi connectivity index (χ3n) is 4.11. The molecule has 1 aromatic heterocycles. The summed E-state index contributed by atoms with van der Waals surface area (Å²) in [4.78, 5) is 2.22. The van der Waals surface area contributed by atoms with Crippen LogP contribution in [0, 0.1) is 11.8 Å². The minimum Gasteiger partial charge on any atom is -0.409 e. The third-order valence-corrected chi connectivity index (χ3v) is 4.11. The zero-order valence-electron chi connectivity index (χ0n) is 10.2. The lowest BCUT2D eigenvalue weighted by Crippen LogP contribution is -2.26. The molecule has 1 saturated carbocycles. The number of nitrogens with zero attached hydrogens (tertiary/aromatic N) is 4. The van der Waals surface area contributed by atoms with E-state index in [1.807, 2.05) is 0 Å². The van der Waals surface area contributed by atoms with Crippen molar-refractivity contribution in [2.45, 2.75) is 19.3 Å². The van der Waals surface area contributed by atoms with Crippen molar-refractivity contribution in [2.24, 2.45) is 22.7 Å². The van der Waals surface area contributed by atoms with Gasteiger partial charge in [-0.2, -0.15) is 5.10 Å². The molecule has 0 amide bonds. The summed E-state index contributed by atoms with van der Waals surface area (Å²) in [5.41, 5.74) is 6.34. The zero-order valence-corrected chi connectivity index (χ0v) is 10.2. The van der Waals surface area contributed by atoms with E-state index >= 15 is 0 Å². The van der Waals surface area contributed by atoms with Gasteiger partial charge in [-0.05, 0) is 30.7 Å². The average Bonchev–Trinajstić information content (AvgIpc) is 2.98. The van der Waals surface area contributed by atoms with E-state index in [2.05, 4.69) is 20.3 Å². The summed E-state index contributed by atoms with van der Waals surface area (Å²) in [5.74, 6) is 2.37. The van der Waals surface area contributed by atoms with Crippen molar-refractivity contribution in [2.75, 3.05) is 18.0 Å². The van der Waals surface area contributed by atoms with E-state index in [0.717, 1.165) is 30.7 Å². The Labute approximate surface area is 105 Å². The highest BCUT2D eigenvalue weighted by Crippen LogP contribution is 2.39.